The number of hydrogen-bond acceptors (Lipinski definition) is 10. The molecule has 1 aliphatic rings. The van der Waals surface area contributed by atoms with Gasteiger partial charge in [-0.15, -0.1) is 0 Å². The number of nitrogens with two attached hydrogens (primary N) is 1. The van der Waals surface area contributed by atoms with Crippen LogP contribution in [0.25, 0.3) is 0 Å². The number of aromatic nitrogens is 4. The smallest absolute Gasteiger partial charge is 0.333 e. The third kappa shape index (κ3) is 5.71. The van der Waals surface area contributed by atoms with E-state index in [0.717, 1.165) is 5.56 Å². The van der Waals surface area contributed by atoms with E-state index in [1.54, 1.807) is 16.9 Å². The Labute approximate surface area is 202 Å². The van der Waals surface area contributed by atoms with Crippen LogP contribution in [0.15, 0.2) is 55.1 Å². The Balaban J connectivity index is 1.50. The summed E-state index contributed by atoms with van der Waals surface area (Å²) in [5.41, 5.74) is 1.36. The van der Waals surface area contributed by atoms with Crippen LogP contribution >= 0.6 is 0 Å². The van der Waals surface area contributed by atoms with Gasteiger partial charge in [-0.3, -0.25) is 13.7 Å². The molecule has 4 rings (SSSR count). The second-order valence-electron chi connectivity index (χ2n) is 8.39. The van der Waals surface area contributed by atoms with E-state index in [-0.39, 0.29) is 36.1 Å². The zero-order valence-electron chi connectivity index (χ0n) is 18.8. The monoisotopic (exact) mass is 502 g/mol. The van der Waals surface area contributed by atoms with E-state index in [0.29, 0.717) is 0 Å². The Morgan fingerprint density at radius 2 is 2.00 bits per heavy atom. The molecular weight excluding hydrogens is 476 g/mol. The molecule has 0 aliphatic heterocycles. The van der Waals surface area contributed by atoms with Crippen LogP contribution in [0.2, 0.25) is 0 Å². The summed E-state index contributed by atoms with van der Waals surface area (Å²) in [5, 5.41) is 33.0. The van der Waals surface area contributed by atoms with Gasteiger partial charge in [-0.2, -0.15) is 13.5 Å². The summed E-state index contributed by atoms with van der Waals surface area (Å²) in [5.74, 6) is -0.967. The minimum Gasteiger partial charge on any atom is -0.390 e. The molecule has 0 radical (unpaired) electrons. The minimum absolute atomic E-state index is 0.0889. The van der Waals surface area contributed by atoms with Crippen molar-refractivity contribution >= 4 is 21.9 Å². The number of ketones is 1. The minimum atomic E-state index is -4.19. The fourth-order valence-corrected chi connectivity index (χ4v) is 4.46. The Bertz CT molecular complexity index is 1280. The highest BCUT2D eigenvalue weighted by Crippen LogP contribution is 2.30. The van der Waals surface area contributed by atoms with Crippen molar-refractivity contribution in [1.29, 1.82) is 0 Å². The molecule has 0 saturated heterocycles. The lowest BCUT2D eigenvalue weighted by atomic mass is 10.1. The molecule has 2 aromatic heterocycles. The maximum atomic E-state index is 13.2. The molecule has 0 amide bonds. The van der Waals surface area contributed by atoms with Crippen molar-refractivity contribution in [2.24, 2.45) is 11.1 Å². The van der Waals surface area contributed by atoms with Gasteiger partial charge >= 0.3 is 10.3 Å². The Hall–Kier alpha value is -3.23. The highest BCUT2D eigenvalue weighted by molar-refractivity contribution is 7.84. The SMILES string of the molecule is CC(c1ccccc1)n1ccc(C(=O)c2cncnc2NC2C[C@H](COS(N)(=O)=O)[C@@H](O)[C@H]2O)n1. The van der Waals surface area contributed by atoms with Crippen LogP contribution < -0.4 is 10.5 Å². The predicted octanol–water partition coefficient (Wildman–Crippen LogP) is 0.256. The Morgan fingerprint density at radius 3 is 2.71 bits per heavy atom. The Kier molecular flexibility index (Phi) is 7.23. The average molecular weight is 503 g/mol. The van der Waals surface area contributed by atoms with Crippen LogP contribution in [0.1, 0.15) is 41.0 Å². The second kappa shape index (κ2) is 10.2. The summed E-state index contributed by atoms with van der Waals surface area (Å²) in [6.45, 7) is 1.58. The molecule has 0 bridgehead atoms. The summed E-state index contributed by atoms with van der Waals surface area (Å²) in [6, 6.07) is 10.5. The first kappa shape index (κ1) is 24.9. The maximum absolute atomic E-state index is 13.2. The van der Waals surface area contributed by atoms with Crippen LogP contribution in [-0.4, -0.2) is 69.0 Å². The van der Waals surface area contributed by atoms with Gasteiger partial charge in [-0.1, -0.05) is 30.3 Å². The molecule has 2 heterocycles. The molecule has 5 atom stereocenters. The van der Waals surface area contributed by atoms with Gasteiger partial charge < -0.3 is 15.5 Å². The lowest BCUT2D eigenvalue weighted by molar-refractivity contribution is 0.00778. The number of benzene rings is 1. The van der Waals surface area contributed by atoms with Crippen molar-refractivity contribution < 1.29 is 27.6 Å². The Morgan fingerprint density at radius 1 is 1.26 bits per heavy atom. The van der Waals surface area contributed by atoms with Gasteiger partial charge in [0.15, 0.2) is 0 Å². The predicted molar refractivity (Wildman–Crippen MR) is 125 cm³/mol. The fraction of sp³-hybridized carbons (Fsp3) is 0.364. The van der Waals surface area contributed by atoms with E-state index in [1.165, 1.54) is 12.5 Å². The molecule has 1 aliphatic carbocycles. The van der Waals surface area contributed by atoms with E-state index in [2.05, 4.69) is 24.6 Å². The van der Waals surface area contributed by atoms with Crippen molar-refractivity contribution in [2.75, 3.05) is 11.9 Å². The van der Waals surface area contributed by atoms with E-state index in [4.69, 9.17) is 5.14 Å². The fourth-order valence-electron chi connectivity index (χ4n) is 4.10. The normalized spacial score (nSPS) is 23.2. The molecule has 3 aromatic rings. The van der Waals surface area contributed by atoms with Crippen LogP contribution in [-0.2, 0) is 14.5 Å². The van der Waals surface area contributed by atoms with E-state index >= 15 is 0 Å². The second-order valence-corrected chi connectivity index (χ2v) is 9.61. The first-order chi connectivity index (χ1) is 16.6. The highest BCUT2D eigenvalue weighted by atomic mass is 32.2. The molecule has 35 heavy (non-hydrogen) atoms. The van der Waals surface area contributed by atoms with Crippen molar-refractivity contribution in [3.8, 4) is 0 Å². The van der Waals surface area contributed by atoms with E-state index in [9.17, 15) is 23.4 Å². The molecule has 186 valence electrons. The number of nitrogens with zero attached hydrogens (tertiary/aromatic N) is 4. The van der Waals surface area contributed by atoms with Gasteiger partial charge in [0.1, 0.15) is 23.9 Å². The summed E-state index contributed by atoms with van der Waals surface area (Å²) < 4.78 is 28.4. The van der Waals surface area contributed by atoms with Crippen LogP contribution in [0.3, 0.4) is 0 Å². The molecule has 0 spiro atoms. The summed E-state index contributed by atoms with van der Waals surface area (Å²) >= 11 is 0. The number of carbonyl (C=O) groups is 1. The number of rotatable bonds is 9. The zero-order valence-corrected chi connectivity index (χ0v) is 19.6. The number of hydrogen-bond donors (Lipinski definition) is 4. The van der Waals surface area contributed by atoms with Gasteiger partial charge in [0, 0.05) is 18.3 Å². The number of nitrogens with one attached hydrogen (secondary N) is 1. The molecule has 13 heteroatoms. The lowest BCUT2D eigenvalue weighted by Gasteiger charge is -2.19. The molecular formula is C22H26N6O6S. The molecule has 5 N–H and O–H groups in total. The number of aliphatic hydroxyl groups excluding tert-OH is 2. The van der Waals surface area contributed by atoms with Crippen LogP contribution in [0, 0.1) is 5.92 Å². The average Bonchev–Trinajstić information content (AvgIpc) is 3.44. The molecule has 1 fully saturated rings. The standard InChI is InChI=1S/C22H26N6O6S/c1-13(14-5-3-2-4-6-14)28-8-7-17(27-28)20(30)16-10-24-12-25-22(16)26-18-9-15(19(29)21(18)31)11-34-35(23,32)33/h2-8,10,12-13,15,18-19,21,29,31H,9,11H2,1H3,(H2,23,32,33)(H,24,25,26)/t13?,15-,18?,19-,21+/m1/s1. The van der Waals surface area contributed by atoms with Crippen molar-refractivity contribution in [3.63, 3.8) is 0 Å². The molecule has 1 saturated carbocycles. The molecule has 2 unspecified atom stereocenters. The van der Waals surface area contributed by atoms with Crippen molar-refractivity contribution in [1.82, 2.24) is 19.7 Å². The first-order valence-corrected chi connectivity index (χ1v) is 12.4. The quantitative estimate of drug-likeness (QED) is 0.296. The summed E-state index contributed by atoms with van der Waals surface area (Å²) in [6.07, 6.45) is 1.94. The lowest BCUT2D eigenvalue weighted by Crippen LogP contribution is -2.36. The van der Waals surface area contributed by atoms with Gasteiger partial charge in [0.2, 0.25) is 5.78 Å². The third-order valence-corrected chi connectivity index (χ3v) is 6.51. The number of carbonyl (C=O) groups excluding carboxylic acids is 1. The van der Waals surface area contributed by atoms with Gasteiger partial charge in [-0.25, -0.2) is 15.1 Å². The van der Waals surface area contributed by atoms with E-state index in [1.807, 2.05) is 37.3 Å². The third-order valence-electron chi connectivity index (χ3n) is 6.05. The maximum Gasteiger partial charge on any atom is 0.333 e. The molecule has 1 aromatic carbocycles. The first-order valence-electron chi connectivity index (χ1n) is 10.9. The van der Waals surface area contributed by atoms with Gasteiger partial charge in [0.05, 0.1) is 30.4 Å². The van der Waals surface area contributed by atoms with E-state index < -0.39 is 40.3 Å². The molecule has 12 nitrogen and oxygen atoms in total. The highest BCUT2D eigenvalue weighted by Gasteiger charge is 2.42. The summed E-state index contributed by atoms with van der Waals surface area (Å²) in [4.78, 5) is 21.3. The number of anilines is 1. The van der Waals surface area contributed by atoms with Crippen LogP contribution in [0.4, 0.5) is 5.82 Å². The zero-order chi connectivity index (χ0) is 25.2. The largest absolute Gasteiger partial charge is 0.390 e. The van der Waals surface area contributed by atoms with Crippen LogP contribution in [0.5, 0.6) is 0 Å². The van der Waals surface area contributed by atoms with Crippen molar-refractivity contribution in [3.05, 3.63) is 71.9 Å². The topological polar surface area (TPSA) is 183 Å². The summed E-state index contributed by atoms with van der Waals surface area (Å²) in [7, 11) is -4.19. The number of aliphatic hydroxyl groups is 2. The van der Waals surface area contributed by atoms with Crippen molar-refractivity contribution in [2.45, 2.75) is 37.6 Å². The van der Waals surface area contributed by atoms with Gasteiger partial charge in [-0.05, 0) is 25.0 Å². The van der Waals surface area contributed by atoms with Gasteiger partial charge in [0.25, 0.3) is 0 Å².